The van der Waals surface area contributed by atoms with Gasteiger partial charge in [-0.1, -0.05) is 26.2 Å². The molecule has 1 aliphatic rings. The first-order chi connectivity index (χ1) is 7.99. The van der Waals surface area contributed by atoms with E-state index >= 15 is 0 Å². The molecule has 1 rings (SSSR count). The quantitative estimate of drug-likeness (QED) is 0.816. The molecule has 0 unspecified atom stereocenters. The lowest BCUT2D eigenvalue weighted by molar-refractivity contribution is -0.127. The SMILES string of the molecule is CCC1CCC(CNC(=O)C(C)(C)C#N)CC1. The molecule has 1 fully saturated rings. The van der Waals surface area contributed by atoms with Gasteiger partial charge in [-0.05, 0) is 38.5 Å². The molecule has 0 atom stereocenters. The zero-order valence-corrected chi connectivity index (χ0v) is 11.3. The topological polar surface area (TPSA) is 52.9 Å². The molecule has 3 nitrogen and oxygen atoms in total. The fourth-order valence-corrected chi connectivity index (χ4v) is 2.35. The Labute approximate surface area is 105 Å². The van der Waals surface area contributed by atoms with Gasteiger partial charge < -0.3 is 5.32 Å². The van der Waals surface area contributed by atoms with Crippen molar-refractivity contribution in [1.82, 2.24) is 5.32 Å². The van der Waals surface area contributed by atoms with Gasteiger partial charge in [-0.15, -0.1) is 0 Å². The van der Waals surface area contributed by atoms with E-state index in [0.717, 1.165) is 12.5 Å². The normalized spacial score (nSPS) is 25.1. The number of nitrogens with one attached hydrogen (secondary N) is 1. The predicted molar refractivity (Wildman–Crippen MR) is 68.1 cm³/mol. The van der Waals surface area contributed by atoms with Crippen molar-refractivity contribution in [3.63, 3.8) is 0 Å². The number of hydrogen-bond donors (Lipinski definition) is 1. The molecule has 0 aromatic rings. The molecule has 1 aliphatic carbocycles. The lowest BCUT2D eigenvalue weighted by atomic mass is 9.81. The smallest absolute Gasteiger partial charge is 0.239 e. The molecule has 0 aliphatic heterocycles. The molecule has 3 heteroatoms. The van der Waals surface area contributed by atoms with E-state index in [2.05, 4.69) is 12.2 Å². The fraction of sp³-hybridized carbons (Fsp3) is 0.857. The van der Waals surface area contributed by atoms with Gasteiger partial charge in [-0.25, -0.2) is 0 Å². The Morgan fingerprint density at radius 3 is 2.29 bits per heavy atom. The molecule has 1 saturated carbocycles. The highest BCUT2D eigenvalue weighted by atomic mass is 16.2. The molecule has 0 saturated heterocycles. The first-order valence-electron chi connectivity index (χ1n) is 6.69. The number of hydrogen-bond acceptors (Lipinski definition) is 2. The van der Waals surface area contributed by atoms with E-state index in [4.69, 9.17) is 5.26 Å². The summed E-state index contributed by atoms with van der Waals surface area (Å²) < 4.78 is 0. The van der Waals surface area contributed by atoms with Gasteiger partial charge in [0.25, 0.3) is 0 Å². The Hall–Kier alpha value is -1.04. The van der Waals surface area contributed by atoms with Crippen molar-refractivity contribution in [1.29, 1.82) is 5.26 Å². The summed E-state index contributed by atoms with van der Waals surface area (Å²) in [6.45, 7) is 6.31. The van der Waals surface area contributed by atoms with Crippen LogP contribution in [0.15, 0.2) is 0 Å². The molecular weight excluding hydrogens is 212 g/mol. The van der Waals surface area contributed by atoms with Gasteiger partial charge in [0.05, 0.1) is 6.07 Å². The van der Waals surface area contributed by atoms with Crippen LogP contribution in [-0.2, 0) is 4.79 Å². The second kappa shape index (κ2) is 6.05. The maximum Gasteiger partial charge on any atom is 0.239 e. The predicted octanol–water partition coefficient (Wildman–Crippen LogP) is 2.87. The van der Waals surface area contributed by atoms with Crippen molar-refractivity contribution < 1.29 is 4.79 Å². The summed E-state index contributed by atoms with van der Waals surface area (Å²) in [7, 11) is 0. The Kier molecular flexibility index (Phi) is 4.99. The van der Waals surface area contributed by atoms with Crippen molar-refractivity contribution in [3.8, 4) is 6.07 Å². The van der Waals surface area contributed by atoms with Crippen molar-refractivity contribution >= 4 is 5.91 Å². The monoisotopic (exact) mass is 236 g/mol. The van der Waals surface area contributed by atoms with Crippen LogP contribution in [0.1, 0.15) is 52.9 Å². The lowest BCUT2D eigenvalue weighted by Gasteiger charge is -2.28. The number of carbonyl (C=O) groups excluding carboxylic acids is 1. The maximum atomic E-state index is 11.7. The van der Waals surface area contributed by atoms with Crippen LogP contribution in [-0.4, -0.2) is 12.5 Å². The minimum absolute atomic E-state index is 0.141. The Balaban J connectivity index is 2.29. The van der Waals surface area contributed by atoms with Gasteiger partial charge in [-0.2, -0.15) is 5.26 Å². The van der Waals surface area contributed by atoms with Gasteiger partial charge in [-0.3, -0.25) is 4.79 Å². The molecule has 96 valence electrons. The average molecular weight is 236 g/mol. The van der Waals surface area contributed by atoms with Crippen molar-refractivity contribution in [2.45, 2.75) is 52.9 Å². The highest BCUT2D eigenvalue weighted by Crippen LogP contribution is 2.30. The molecule has 1 amide bonds. The third-order valence-corrected chi connectivity index (χ3v) is 3.94. The number of rotatable bonds is 4. The summed E-state index contributed by atoms with van der Waals surface area (Å²) in [4.78, 5) is 11.7. The minimum Gasteiger partial charge on any atom is -0.354 e. The Morgan fingerprint density at radius 1 is 1.29 bits per heavy atom. The van der Waals surface area contributed by atoms with Crippen LogP contribution in [0.2, 0.25) is 0 Å². The number of amides is 1. The van der Waals surface area contributed by atoms with Crippen molar-refractivity contribution in [2.75, 3.05) is 6.54 Å². The summed E-state index contributed by atoms with van der Waals surface area (Å²) in [5, 5.41) is 11.8. The van der Waals surface area contributed by atoms with E-state index < -0.39 is 5.41 Å². The molecule has 0 heterocycles. The van der Waals surface area contributed by atoms with Gasteiger partial charge in [0.1, 0.15) is 5.41 Å². The number of nitriles is 1. The largest absolute Gasteiger partial charge is 0.354 e. The van der Waals surface area contributed by atoms with E-state index in [-0.39, 0.29) is 5.91 Å². The second-order valence-corrected chi connectivity index (χ2v) is 5.74. The first kappa shape index (κ1) is 14.0. The van der Waals surface area contributed by atoms with Crippen LogP contribution in [0, 0.1) is 28.6 Å². The number of nitrogens with zero attached hydrogens (tertiary/aromatic N) is 1. The summed E-state index contributed by atoms with van der Waals surface area (Å²) in [6.07, 6.45) is 6.29. The highest BCUT2D eigenvalue weighted by molar-refractivity contribution is 5.84. The molecule has 0 radical (unpaired) electrons. The van der Waals surface area contributed by atoms with E-state index in [1.807, 2.05) is 6.07 Å². The van der Waals surface area contributed by atoms with Gasteiger partial charge in [0, 0.05) is 6.54 Å². The number of carbonyl (C=O) groups is 1. The molecule has 17 heavy (non-hydrogen) atoms. The zero-order valence-electron chi connectivity index (χ0n) is 11.3. The highest BCUT2D eigenvalue weighted by Gasteiger charge is 2.28. The first-order valence-corrected chi connectivity index (χ1v) is 6.69. The van der Waals surface area contributed by atoms with E-state index in [0.29, 0.717) is 5.92 Å². The standard InChI is InChI=1S/C14H24N2O/c1-4-11-5-7-12(8-6-11)9-16-13(17)14(2,3)10-15/h11-12H,4-9H2,1-3H3,(H,16,17). The zero-order chi connectivity index (χ0) is 12.9. The Bertz CT molecular complexity index is 296. The lowest BCUT2D eigenvalue weighted by Crippen LogP contribution is -2.39. The molecule has 1 N–H and O–H groups in total. The van der Waals surface area contributed by atoms with Crippen LogP contribution in [0.5, 0.6) is 0 Å². The summed E-state index contributed by atoms with van der Waals surface area (Å²) in [5.41, 5.74) is -0.902. The fourth-order valence-electron chi connectivity index (χ4n) is 2.35. The summed E-state index contributed by atoms with van der Waals surface area (Å²) in [6, 6.07) is 2.03. The second-order valence-electron chi connectivity index (χ2n) is 5.74. The summed E-state index contributed by atoms with van der Waals surface area (Å²) >= 11 is 0. The molecule has 0 aromatic heterocycles. The maximum absolute atomic E-state index is 11.7. The molecule has 0 bridgehead atoms. The third-order valence-electron chi connectivity index (χ3n) is 3.94. The minimum atomic E-state index is -0.902. The molecule has 0 spiro atoms. The van der Waals surface area contributed by atoms with Crippen LogP contribution in [0.4, 0.5) is 0 Å². The van der Waals surface area contributed by atoms with Crippen LogP contribution >= 0.6 is 0 Å². The average Bonchev–Trinajstić information content (AvgIpc) is 2.36. The van der Waals surface area contributed by atoms with E-state index in [9.17, 15) is 4.79 Å². The van der Waals surface area contributed by atoms with E-state index in [1.54, 1.807) is 13.8 Å². The van der Waals surface area contributed by atoms with Gasteiger partial charge in [0.15, 0.2) is 0 Å². The van der Waals surface area contributed by atoms with Crippen molar-refractivity contribution in [3.05, 3.63) is 0 Å². The Morgan fingerprint density at radius 2 is 1.82 bits per heavy atom. The molecule has 0 aromatic carbocycles. The van der Waals surface area contributed by atoms with Gasteiger partial charge in [0.2, 0.25) is 5.91 Å². The van der Waals surface area contributed by atoms with Crippen LogP contribution in [0.3, 0.4) is 0 Å². The molecular formula is C14H24N2O. The van der Waals surface area contributed by atoms with Crippen LogP contribution < -0.4 is 5.32 Å². The summed E-state index contributed by atoms with van der Waals surface area (Å²) in [5.74, 6) is 1.35. The van der Waals surface area contributed by atoms with Gasteiger partial charge >= 0.3 is 0 Å². The van der Waals surface area contributed by atoms with Crippen LogP contribution in [0.25, 0.3) is 0 Å². The third kappa shape index (κ3) is 4.03. The van der Waals surface area contributed by atoms with Crippen molar-refractivity contribution in [2.24, 2.45) is 17.3 Å². The van der Waals surface area contributed by atoms with E-state index in [1.165, 1.54) is 32.1 Å².